The number of hydrogen-bond donors (Lipinski definition) is 0. The van der Waals surface area contributed by atoms with Crippen LogP contribution in [0.1, 0.15) is 33.8 Å². The number of hydrogen-bond acceptors (Lipinski definition) is 4. The molecule has 2 aromatic rings. The highest BCUT2D eigenvalue weighted by molar-refractivity contribution is 5.96. The summed E-state index contributed by atoms with van der Waals surface area (Å²) in [7, 11) is 0. The van der Waals surface area contributed by atoms with Crippen LogP contribution in [0.2, 0.25) is 0 Å². The lowest BCUT2D eigenvalue weighted by molar-refractivity contribution is 0.0704. The number of carbonyl (C=O) groups is 1. The van der Waals surface area contributed by atoms with E-state index in [0.29, 0.717) is 23.6 Å². The summed E-state index contributed by atoms with van der Waals surface area (Å²) in [6, 6.07) is 10.6. The Morgan fingerprint density at radius 2 is 2.16 bits per heavy atom. The Bertz CT molecular complexity index is 719. The maximum atomic E-state index is 13.0. The topological polar surface area (TPSA) is 49.6 Å². The molecule has 1 aromatic carbocycles. The Kier molecular flexibility index (Phi) is 5.34. The van der Waals surface area contributed by atoms with Crippen LogP contribution in [-0.4, -0.2) is 46.5 Å². The van der Waals surface area contributed by atoms with Gasteiger partial charge in [-0.1, -0.05) is 41.6 Å². The fraction of sp³-hybridized carbons (Fsp3) is 0.400. The van der Waals surface area contributed by atoms with Crippen molar-refractivity contribution in [3.05, 3.63) is 65.6 Å². The molecule has 5 nitrogen and oxygen atoms in total. The maximum absolute atomic E-state index is 13.0. The van der Waals surface area contributed by atoms with Crippen molar-refractivity contribution in [3.63, 3.8) is 0 Å². The molecule has 0 spiro atoms. The average Bonchev–Trinajstić information content (AvgIpc) is 3.19. The second-order valence-electron chi connectivity index (χ2n) is 6.61. The monoisotopic (exact) mass is 339 g/mol. The zero-order valence-electron chi connectivity index (χ0n) is 14.9. The molecule has 0 N–H and O–H groups in total. The van der Waals surface area contributed by atoms with E-state index < -0.39 is 0 Å². The van der Waals surface area contributed by atoms with Crippen LogP contribution in [0.3, 0.4) is 0 Å². The van der Waals surface area contributed by atoms with Gasteiger partial charge in [0.2, 0.25) is 0 Å². The van der Waals surface area contributed by atoms with Crippen molar-refractivity contribution in [2.75, 3.05) is 19.6 Å². The zero-order valence-corrected chi connectivity index (χ0v) is 14.9. The van der Waals surface area contributed by atoms with E-state index >= 15 is 0 Å². The largest absolute Gasteiger partial charge is 0.361 e. The Labute approximate surface area is 148 Å². The third-order valence-corrected chi connectivity index (χ3v) is 4.77. The van der Waals surface area contributed by atoms with Gasteiger partial charge in [0.05, 0.1) is 5.69 Å². The van der Waals surface area contributed by atoms with E-state index in [-0.39, 0.29) is 11.9 Å². The molecule has 1 aromatic heterocycles. The quantitative estimate of drug-likeness (QED) is 0.759. The normalized spacial score (nSPS) is 17.6. The van der Waals surface area contributed by atoms with Gasteiger partial charge < -0.3 is 9.42 Å². The molecule has 5 heteroatoms. The van der Waals surface area contributed by atoms with Gasteiger partial charge >= 0.3 is 0 Å². The van der Waals surface area contributed by atoms with Crippen molar-refractivity contribution in [1.29, 1.82) is 0 Å². The van der Waals surface area contributed by atoms with Gasteiger partial charge in [-0.3, -0.25) is 9.69 Å². The Balaban J connectivity index is 1.71. The summed E-state index contributed by atoms with van der Waals surface area (Å²) in [6.07, 6.45) is 2.76. The van der Waals surface area contributed by atoms with Gasteiger partial charge in [-0.2, -0.15) is 0 Å². The highest BCUT2D eigenvalue weighted by atomic mass is 16.5. The van der Waals surface area contributed by atoms with Crippen LogP contribution < -0.4 is 0 Å². The van der Waals surface area contributed by atoms with Crippen molar-refractivity contribution in [2.45, 2.75) is 32.9 Å². The number of aryl methyl sites for hydroxylation is 2. The first-order chi connectivity index (χ1) is 12.1. The minimum Gasteiger partial charge on any atom is -0.361 e. The average molecular weight is 339 g/mol. The predicted molar refractivity (Wildman–Crippen MR) is 97.3 cm³/mol. The van der Waals surface area contributed by atoms with E-state index in [1.165, 1.54) is 5.56 Å². The fourth-order valence-corrected chi connectivity index (χ4v) is 3.52. The van der Waals surface area contributed by atoms with Crippen molar-refractivity contribution in [3.8, 4) is 0 Å². The number of amides is 1. The number of carbonyl (C=O) groups excluding carboxylic acids is 1. The van der Waals surface area contributed by atoms with Crippen LogP contribution in [0.25, 0.3) is 0 Å². The lowest BCUT2D eigenvalue weighted by Crippen LogP contribution is -2.42. The first kappa shape index (κ1) is 17.4. The molecule has 1 amide bonds. The van der Waals surface area contributed by atoms with Crippen LogP contribution in [0.4, 0.5) is 0 Å². The van der Waals surface area contributed by atoms with Crippen molar-refractivity contribution >= 4 is 5.91 Å². The van der Waals surface area contributed by atoms with E-state index in [1.54, 1.807) is 13.0 Å². The van der Waals surface area contributed by atoms with E-state index in [4.69, 9.17) is 4.52 Å². The molecule has 0 saturated carbocycles. The fourth-order valence-electron chi connectivity index (χ4n) is 3.52. The van der Waals surface area contributed by atoms with E-state index in [0.717, 1.165) is 26.1 Å². The first-order valence-corrected chi connectivity index (χ1v) is 8.71. The van der Waals surface area contributed by atoms with Gasteiger partial charge in [0.15, 0.2) is 0 Å². The van der Waals surface area contributed by atoms with Gasteiger partial charge in [0, 0.05) is 32.2 Å². The lowest BCUT2D eigenvalue weighted by Gasteiger charge is -2.28. The van der Waals surface area contributed by atoms with Gasteiger partial charge in [-0.05, 0) is 25.8 Å². The van der Waals surface area contributed by atoms with E-state index in [2.05, 4.69) is 40.9 Å². The van der Waals surface area contributed by atoms with Crippen LogP contribution in [-0.2, 0) is 6.54 Å². The Morgan fingerprint density at radius 3 is 2.80 bits per heavy atom. The summed E-state index contributed by atoms with van der Waals surface area (Å²) in [4.78, 5) is 17.4. The summed E-state index contributed by atoms with van der Waals surface area (Å²) >= 11 is 0. The molecule has 2 heterocycles. The summed E-state index contributed by atoms with van der Waals surface area (Å²) in [5, 5.41) is 3.92. The standard InChI is InChI=1S/C20H25N3O2/c1-4-11-23(20(24)19-15(2)21-25-16(19)3)18-10-12-22(14-18)13-17-8-6-5-7-9-17/h4-9,18H,1,10-14H2,2-3H3/t18-/m1/s1. The third-order valence-electron chi connectivity index (χ3n) is 4.77. The zero-order chi connectivity index (χ0) is 17.8. The van der Waals surface area contributed by atoms with Crippen LogP contribution >= 0.6 is 0 Å². The van der Waals surface area contributed by atoms with E-state index in [9.17, 15) is 4.79 Å². The van der Waals surface area contributed by atoms with Gasteiger partial charge in [-0.25, -0.2) is 0 Å². The summed E-state index contributed by atoms with van der Waals surface area (Å²) in [5.41, 5.74) is 2.54. The third kappa shape index (κ3) is 3.82. The molecule has 0 bridgehead atoms. The highest BCUT2D eigenvalue weighted by Gasteiger charge is 2.32. The number of likely N-dealkylation sites (tertiary alicyclic amines) is 1. The summed E-state index contributed by atoms with van der Waals surface area (Å²) in [5.74, 6) is 0.568. The molecule has 1 aliphatic heterocycles. The maximum Gasteiger partial charge on any atom is 0.259 e. The highest BCUT2D eigenvalue weighted by Crippen LogP contribution is 2.22. The predicted octanol–water partition coefficient (Wildman–Crippen LogP) is 3.19. The van der Waals surface area contributed by atoms with Gasteiger partial charge in [0.25, 0.3) is 5.91 Å². The first-order valence-electron chi connectivity index (χ1n) is 8.71. The van der Waals surface area contributed by atoms with Crippen molar-refractivity contribution in [1.82, 2.24) is 15.0 Å². The minimum absolute atomic E-state index is 0.0114. The smallest absolute Gasteiger partial charge is 0.259 e. The molecule has 1 aliphatic rings. The summed E-state index contributed by atoms with van der Waals surface area (Å²) < 4.78 is 5.17. The second-order valence-corrected chi connectivity index (χ2v) is 6.61. The SMILES string of the molecule is C=CCN(C(=O)c1c(C)noc1C)[C@@H]1CCN(Cc2ccccc2)C1. The van der Waals surface area contributed by atoms with E-state index in [1.807, 2.05) is 17.9 Å². The van der Waals surface area contributed by atoms with Gasteiger partial charge in [-0.15, -0.1) is 6.58 Å². The molecule has 1 fully saturated rings. The molecule has 132 valence electrons. The number of benzene rings is 1. The Morgan fingerprint density at radius 1 is 1.40 bits per heavy atom. The molecule has 1 atom stereocenters. The molecule has 0 aliphatic carbocycles. The number of nitrogens with zero attached hydrogens (tertiary/aromatic N) is 3. The van der Waals surface area contributed by atoms with Crippen molar-refractivity contribution < 1.29 is 9.32 Å². The molecule has 25 heavy (non-hydrogen) atoms. The lowest BCUT2D eigenvalue weighted by atomic mass is 10.1. The van der Waals surface area contributed by atoms with Gasteiger partial charge in [0.1, 0.15) is 11.3 Å². The number of aromatic nitrogens is 1. The van der Waals surface area contributed by atoms with Crippen LogP contribution in [0.15, 0.2) is 47.5 Å². The molecule has 0 radical (unpaired) electrons. The van der Waals surface area contributed by atoms with Crippen molar-refractivity contribution in [2.24, 2.45) is 0 Å². The van der Waals surface area contributed by atoms with Crippen LogP contribution in [0.5, 0.6) is 0 Å². The second kappa shape index (κ2) is 7.66. The molecular weight excluding hydrogens is 314 g/mol. The molecule has 0 unspecified atom stereocenters. The molecular formula is C20H25N3O2. The summed E-state index contributed by atoms with van der Waals surface area (Å²) in [6.45, 7) is 10.7. The Hall–Kier alpha value is -2.40. The number of rotatable bonds is 6. The molecule has 3 rings (SSSR count). The minimum atomic E-state index is -0.0114. The van der Waals surface area contributed by atoms with Crippen LogP contribution in [0, 0.1) is 13.8 Å². The molecule has 1 saturated heterocycles.